The number of benzene rings is 3. The largest absolute Gasteiger partial charge is 0.493 e. The molecule has 0 N–H and O–H groups in total. The highest BCUT2D eigenvalue weighted by molar-refractivity contribution is 9.10. The predicted molar refractivity (Wildman–Crippen MR) is 158 cm³/mol. The van der Waals surface area contributed by atoms with Crippen LogP contribution in [-0.2, 0) is 6.61 Å². The average Bonchev–Trinajstić information content (AvgIpc) is 2.98. The van der Waals surface area contributed by atoms with Gasteiger partial charge in [-0.15, -0.1) is 0 Å². The van der Waals surface area contributed by atoms with Gasteiger partial charge in [0.25, 0.3) is 11.2 Å². The number of hydrogen-bond acceptors (Lipinski definition) is 7. The lowest BCUT2D eigenvalue weighted by molar-refractivity contribution is -0.384. The Morgan fingerprint density at radius 1 is 1.18 bits per heavy atom. The van der Waals surface area contributed by atoms with E-state index >= 15 is 0 Å². The van der Waals surface area contributed by atoms with E-state index < -0.39 is 4.92 Å². The van der Waals surface area contributed by atoms with Crippen LogP contribution in [0.3, 0.4) is 0 Å². The van der Waals surface area contributed by atoms with Crippen LogP contribution in [0.5, 0.6) is 11.5 Å². The molecule has 9 nitrogen and oxygen atoms in total. The zero-order valence-electron chi connectivity index (χ0n) is 21.7. The maximum atomic E-state index is 13.5. The molecule has 1 aliphatic carbocycles. The lowest BCUT2D eigenvalue weighted by atomic mass is 9.88. The molecular formula is C29H26BrClN4O5. The van der Waals surface area contributed by atoms with E-state index in [0.717, 1.165) is 25.7 Å². The number of nitrogens with zero attached hydrogens (tertiary/aromatic N) is 4. The Morgan fingerprint density at radius 3 is 2.70 bits per heavy atom. The Labute approximate surface area is 243 Å². The van der Waals surface area contributed by atoms with Gasteiger partial charge in [-0.1, -0.05) is 55.1 Å². The van der Waals surface area contributed by atoms with Crippen LogP contribution in [0, 0.1) is 10.1 Å². The van der Waals surface area contributed by atoms with Gasteiger partial charge < -0.3 is 9.47 Å². The molecule has 0 atom stereocenters. The minimum absolute atomic E-state index is 0.0297. The van der Waals surface area contributed by atoms with Gasteiger partial charge in [0.2, 0.25) is 0 Å². The number of non-ortho nitro benzene ring substituents is 1. The molecule has 1 fully saturated rings. The maximum absolute atomic E-state index is 13.5. The standard InChI is InChI=1S/C29H26BrClN4O5/c1-39-24-15-20(25(30)26(31)27(24)40-17-18-8-7-11-21(14-18)35(37)38)16-32-34-28(19-9-3-2-4-10-19)33-23-13-6-5-12-22(23)29(34)36/h5-8,11-16,19H,2-4,9-10,17H2,1H3. The Hall–Kier alpha value is -3.76. The first kappa shape index (κ1) is 27.8. The van der Waals surface area contributed by atoms with Crippen LogP contribution in [0.1, 0.15) is 55.0 Å². The van der Waals surface area contributed by atoms with Gasteiger partial charge in [0, 0.05) is 28.1 Å². The molecule has 40 heavy (non-hydrogen) atoms. The van der Waals surface area contributed by atoms with Crippen molar-refractivity contribution in [3.8, 4) is 11.5 Å². The van der Waals surface area contributed by atoms with Crippen molar-refractivity contribution in [2.45, 2.75) is 44.6 Å². The van der Waals surface area contributed by atoms with Crippen molar-refractivity contribution in [3.05, 3.63) is 102 Å². The van der Waals surface area contributed by atoms with Gasteiger partial charge in [0.1, 0.15) is 17.5 Å². The van der Waals surface area contributed by atoms with Gasteiger partial charge in [-0.25, -0.2) is 4.98 Å². The smallest absolute Gasteiger partial charge is 0.282 e. The van der Waals surface area contributed by atoms with Crippen LogP contribution in [0.2, 0.25) is 5.02 Å². The number of hydrogen-bond donors (Lipinski definition) is 0. The Bertz CT molecular complexity index is 1670. The summed E-state index contributed by atoms with van der Waals surface area (Å²) < 4.78 is 13.4. The topological polar surface area (TPSA) is 109 Å². The lowest BCUT2D eigenvalue weighted by Crippen LogP contribution is -2.25. The number of ether oxygens (including phenoxy) is 2. The third-order valence-electron chi connectivity index (χ3n) is 6.94. The van der Waals surface area contributed by atoms with E-state index in [4.69, 9.17) is 26.1 Å². The number of nitro groups is 1. The van der Waals surface area contributed by atoms with Crippen LogP contribution in [0.15, 0.2) is 69.0 Å². The first-order valence-electron chi connectivity index (χ1n) is 12.9. The number of halogens is 2. The number of fused-ring (bicyclic) bond motifs is 1. The fraction of sp³-hybridized carbons (Fsp3) is 0.276. The number of rotatable bonds is 8. The molecule has 11 heteroatoms. The lowest BCUT2D eigenvalue weighted by Gasteiger charge is -2.22. The highest BCUT2D eigenvalue weighted by Gasteiger charge is 2.23. The van der Waals surface area contributed by atoms with Gasteiger partial charge in [-0.3, -0.25) is 14.9 Å². The summed E-state index contributed by atoms with van der Waals surface area (Å²) >= 11 is 10.2. The van der Waals surface area contributed by atoms with Crippen molar-refractivity contribution in [1.29, 1.82) is 0 Å². The summed E-state index contributed by atoms with van der Waals surface area (Å²) in [6.45, 7) is 0.0422. The number of methoxy groups -OCH3 is 1. The summed E-state index contributed by atoms with van der Waals surface area (Å²) in [6.07, 6.45) is 6.83. The van der Waals surface area contributed by atoms with Crippen molar-refractivity contribution in [1.82, 2.24) is 9.66 Å². The number of aromatic nitrogens is 2. The maximum Gasteiger partial charge on any atom is 0.282 e. The molecule has 1 saturated carbocycles. The SMILES string of the molecule is COc1cc(C=Nn2c(C3CCCCC3)nc3ccccc3c2=O)c(Br)c(Cl)c1OCc1cccc([N+](=O)[O-])c1. The van der Waals surface area contributed by atoms with Crippen molar-refractivity contribution in [2.75, 3.05) is 7.11 Å². The zero-order valence-corrected chi connectivity index (χ0v) is 24.0. The minimum Gasteiger partial charge on any atom is -0.493 e. The van der Waals surface area contributed by atoms with Crippen molar-refractivity contribution in [3.63, 3.8) is 0 Å². The molecule has 0 bridgehead atoms. The van der Waals surface area contributed by atoms with Crippen LogP contribution in [0.4, 0.5) is 5.69 Å². The second-order valence-electron chi connectivity index (χ2n) is 9.52. The highest BCUT2D eigenvalue weighted by Crippen LogP contribution is 2.42. The van der Waals surface area contributed by atoms with E-state index in [0.29, 0.717) is 38.1 Å². The average molecular weight is 626 g/mol. The summed E-state index contributed by atoms with van der Waals surface area (Å²) in [6, 6.07) is 15.2. The number of nitro benzene ring substituents is 1. The first-order chi connectivity index (χ1) is 19.4. The summed E-state index contributed by atoms with van der Waals surface area (Å²) in [7, 11) is 1.49. The first-order valence-corrected chi connectivity index (χ1v) is 14.0. The van der Waals surface area contributed by atoms with E-state index in [-0.39, 0.29) is 34.5 Å². The Balaban J connectivity index is 1.50. The zero-order chi connectivity index (χ0) is 28.2. The van der Waals surface area contributed by atoms with E-state index in [1.165, 1.54) is 30.3 Å². The van der Waals surface area contributed by atoms with Crippen molar-refractivity contribution >= 4 is 50.3 Å². The monoisotopic (exact) mass is 624 g/mol. The summed E-state index contributed by atoms with van der Waals surface area (Å²) in [5.41, 5.74) is 1.58. The molecule has 0 saturated heterocycles. The fourth-order valence-corrected chi connectivity index (χ4v) is 5.55. The molecule has 0 aliphatic heterocycles. The molecule has 1 aliphatic rings. The van der Waals surface area contributed by atoms with E-state index in [1.807, 2.05) is 18.2 Å². The molecule has 0 unspecified atom stereocenters. The summed E-state index contributed by atoms with van der Waals surface area (Å²) in [5, 5.41) is 16.4. The quantitative estimate of drug-likeness (QED) is 0.116. The molecule has 5 rings (SSSR count). The normalized spacial score (nSPS) is 14.1. The summed E-state index contributed by atoms with van der Waals surface area (Å²) in [5.74, 6) is 1.42. The second kappa shape index (κ2) is 12.2. The van der Waals surface area contributed by atoms with Crippen LogP contribution in [-0.4, -0.2) is 27.9 Å². The summed E-state index contributed by atoms with van der Waals surface area (Å²) in [4.78, 5) is 29.0. The van der Waals surface area contributed by atoms with E-state index in [9.17, 15) is 14.9 Å². The van der Waals surface area contributed by atoms with Crippen molar-refractivity contribution < 1.29 is 14.4 Å². The molecule has 0 radical (unpaired) electrons. The molecule has 206 valence electrons. The molecular weight excluding hydrogens is 600 g/mol. The Morgan fingerprint density at radius 2 is 1.95 bits per heavy atom. The number of para-hydroxylation sites is 1. The molecule has 1 aromatic heterocycles. The van der Waals surface area contributed by atoms with Gasteiger partial charge in [0.05, 0.1) is 29.2 Å². The third kappa shape index (κ3) is 5.73. The third-order valence-corrected chi connectivity index (χ3v) is 8.39. The van der Waals surface area contributed by atoms with Crippen molar-refractivity contribution in [2.24, 2.45) is 5.10 Å². The fourth-order valence-electron chi connectivity index (χ4n) is 4.90. The van der Waals surface area contributed by atoms with Gasteiger partial charge >= 0.3 is 0 Å². The molecule has 1 heterocycles. The highest BCUT2D eigenvalue weighted by atomic mass is 79.9. The van der Waals surface area contributed by atoms with Crippen LogP contribution >= 0.6 is 27.5 Å². The Kier molecular flexibility index (Phi) is 8.46. The van der Waals surface area contributed by atoms with E-state index in [2.05, 4.69) is 21.0 Å². The molecule has 0 spiro atoms. The molecule has 3 aromatic carbocycles. The molecule has 4 aromatic rings. The van der Waals surface area contributed by atoms with Gasteiger partial charge in [0.15, 0.2) is 11.5 Å². The van der Waals surface area contributed by atoms with Gasteiger partial charge in [-0.05, 0) is 52.5 Å². The molecule has 0 amide bonds. The van der Waals surface area contributed by atoms with Gasteiger partial charge in [-0.2, -0.15) is 9.78 Å². The van der Waals surface area contributed by atoms with E-state index in [1.54, 1.807) is 30.5 Å². The van der Waals surface area contributed by atoms with Crippen LogP contribution in [0.25, 0.3) is 10.9 Å². The predicted octanol–water partition coefficient (Wildman–Crippen LogP) is 7.24. The minimum atomic E-state index is -0.460. The van der Waals surface area contributed by atoms with Crippen LogP contribution < -0.4 is 15.0 Å². The second-order valence-corrected chi connectivity index (χ2v) is 10.7.